The molecule has 8 heteroatoms. The molecule has 2 N–H and O–H groups in total. The van der Waals surface area contributed by atoms with Gasteiger partial charge in [-0.3, -0.25) is 10.9 Å². The summed E-state index contributed by atoms with van der Waals surface area (Å²) in [5.41, 5.74) is 6.64. The summed E-state index contributed by atoms with van der Waals surface area (Å²) in [7, 11) is 0. The number of para-hydroxylation sites is 1. The number of aryl methyl sites for hydroxylation is 1. The molecule has 0 aliphatic heterocycles. The summed E-state index contributed by atoms with van der Waals surface area (Å²) in [5.74, 6) is 0.642. The molecule has 0 spiro atoms. The minimum absolute atomic E-state index is 0.178. The van der Waals surface area contributed by atoms with Crippen molar-refractivity contribution in [3.8, 4) is 5.69 Å². The molecule has 0 fully saturated rings. The number of nitrogens with zero attached hydrogens (tertiary/aromatic N) is 3. The first-order chi connectivity index (χ1) is 11.5. The monoisotopic (exact) mass is 361 g/mol. The Balaban J connectivity index is 1.88. The lowest BCUT2D eigenvalue weighted by Gasteiger charge is -2.12. The van der Waals surface area contributed by atoms with E-state index < -0.39 is 5.69 Å². The van der Waals surface area contributed by atoms with Crippen LogP contribution in [0.1, 0.15) is 5.82 Å². The van der Waals surface area contributed by atoms with E-state index in [0.29, 0.717) is 21.6 Å². The van der Waals surface area contributed by atoms with Gasteiger partial charge in [-0.1, -0.05) is 41.4 Å². The Labute approximate surface area is 148 Å². The van der Waals surface area contributed by atoms with Crippen molar-refractivity contribution in [2.75, 3.05) is 10.9 Å². The van der Waals surface area contributed by atoms with Crippen LogP contribution in [-0.2, 0) is 0 Å². The van der Waals surface area contributed by atoms with Crippen molar-refractivity contribution in [3.05, 3.63) is 74.9 Å². The molecule has 24 heavy (non-hydrogen) atoms. The Kier molecular flexibility index (Phi) is 4.69. The van der Waals surface area contributed by atoms with Gasteiger partial charge in [0.15, 0.2) is 0 Å². The summed E-state index contributed by atoms with van der Waals surface area (Å²) in [6, 6.07) is 14.3. The predicted octanol–water partition coefficient (Wildman–Crippen LogP) is 3.68. The highest BCUT2D eigenvalue weighted by atomic mass is 35.5. The van der Waals surface area contributed by atoms with Crippen LogP contribution in [0.2, 0.25) is 10.0 Å². The Morgan fingerprint density at radius 3 is 2.38 bits per heavy atom. The van der Waals surface area contributed by atoms with Gasteiger partial charge < -0.3 is 0 Å². The van der Waals surface area contributed by atoms with Crippen LogP contribution in [-0.4, -0.2) is 14.5 Å². The molecule has 0 aliphatic carbocycles. The fraction of sp³-hybridized carbons (Fsp3) is 0.0625. The van der Waals surface area contributed by atoms with E-state index >= 15 is 0 Å². The van der Waals surface area contributed by atoms with E-state index in [9.17, 15) is 4.79 Å². The standard InChI is InChI=1S/C16H13Cl2N5O/c1-10-19-15(22-21-11-5-3-2-4-6-11)20-16(24)23(10)12-7-8-13(17)14(18)9-12/h2-9,21H,1H3,(H,20,22,24). The fourth-order valence-corrected chi connectivity index (χ4v) is 2.43. The number of benzene rings is 2. The third-order valence-electron chi connectivity index (χ3n) is 3.24. The Morgan fingerprint density at radius 2 is 1.71 bits per heavy atom. The van der Waals surface area contributed by atoms with Crippen molar-refractivity contribution in [1.82, 2.24) is 14.5 Å². The minimum Gasteiger partial charge on any atom is -0.298 e. The van der Waals surface area contributed by atoms with Crippen LogP contribution in [0.15, 0.2) is 53.3 Å². The van der Waals surface area contributed by atoms with Crippen molar-refractivity contribution in [2.45, 2.75) is 6.92 Å². The lowest BCUT2D eigenvalue weighted by Crippen LogP contribution is -2.27. The third kappa shape index (κ3) is 3.50. The molecule has 0 saturated heterocycles. The summed E-state index contributed by atoms with van der Waals surface area (Å²) in [4.78, 5) is 20.5. The van der Waals surface area contributed by atoms with E-state index in [1.165, 1.54) is 4.57 Å². The lowest BCUT2D eigenvalue weighted by molar-refractivity contribution is 0.813. The average Bonchev–Trinajstić information content (AvgIpc) is 2.56. The number of rotatable bonds is 4. The van der Waals surface area contributed by atoms with E-state index in [0.717, 1.165) is 5.69 Å². The van der Waals surface area contributed by atoms with E-state index in [1.807, 2.05) is 30.3 Å². The number of nitrogens with one attached hydrogen (secondary N) is 2. The highest BCUT2D eigenvalue weighted by Gasteiger charge is 2.10. The van der Waals surface area contributed by atoms with Gasteiger partial charge in [-0.15, -0.1) is 0 Å². The number of hydrazine groups is 1. The molecule has 1 aromatic heterocycles. The number of hydrogen-bond acceptors (Lipinski definition) is 5. The predicted molar refractivity (Wildman–Crippen MR) is 96.1 cm³/mol. The molecule has 0 saturated carbocycles. The zero-order valence-electron chi connectivity index (χ0n) is 12.6. The van der Waals surface area contributed by atoms with Gasteiger partial charge in [-0.25, -0.2) is 9.36 Å². The van der Waals surface area contributed by atoms with Gasteiger partial charge in [-0.05, 0) is 37.3 Å². The summed E-state index contributed by atoms with van der Waals surface area (Å²) in [5, 5.41) is 0.769. The molecular weight excluding hydrogens is 349 g/mol. The van der Waals surface area contributed by atoms with E-state index in [2.05, 4.69) is 20.8 Å². The smallest absolute Gasteiger partial charge is 0.298 e. The molecular formula is C16H13Cl2N5O. The fourth-order valence-electron chi connectivity index (χ4n) is 2.13. The SMILES string of the molecule is Cc1nc(NNc2ccccc2)nc(=O)n1-c1ccc(Cl)c(Cl)c1. The van der Waals surface area contributed by atoms with Crippen LogP contribution in [0.3, 0.4) is 0 Å². The highest BCUT2D eigenvalue weighted by molar-refractivity contribution is 6.42. The quantitative estimate of drug-likeness (QED) is 0.693. The van der Waals surface area contributed by atoms with Crippen molar-refractivity contribution < 1.29 is 0 Å². The number of anilines is 2. The van der Waals surface area contributed by atoms with Crippen LogP contribution < -0.4 is 16.5 Å². The summed E-state index contributed by atoms with van der Waals surface area (Å²) < 4.78 is 1.36. The summed E-state index contributed by atoms with van der Waals surface area (Å²) in [6.07, 6.45) is 0. The van der Waals surface area contributed by atoms with Gasteiger partial charge in [-0.2, -0.15) is 9.97 Å². The molecule has 3 rings (SSSR count). The molecule has 0 unspecified atom stereocenters. The molecule has 0 atom stereocenters. The second kappa shape index (κ2) is 6.90. The molecule has 6 nitrogen and oxygen atoms in total. The van der Waals surface area contributed by atoms with E-state index in [-0.39, 0.29) is 5.95 Å². The molecule has 3 aromatic rings. The third-order valence-corrected chi connectivity index (χ3v) is 3.98. The van der Waals surface area contributed by atoms with Gasteiger partial charge in [0.1, 0.15) is 5.82 Å². The van der Waals surface area contributed by atoms with Gasteiger partial charge in [0, 0.05) is 0 Å². The zero-order chi connectivity index (χ0) is 17.1. The summed E-state index contributed by atoms with van der Waals surface area (Å²) >= 11 is 11.9. The summed E-state index contributed by atoms with van der Waals surface area (Å²) in [6.45, 7) is 1.71. The molecule has 0 amide bonds. The van der Waals surface area contributed by atoms with Gasteiger partial charge >= 0.3 is 5.69 Å². The Bertz CT molecular complexity index is 927. The Hall–Kier alpha value is -2.57. The van der Waals surface area contributed by atoms with Crippen molar-refractivity contribution in [1.29, 1.82) is 0 Å². The molecule has 1 heterocycles. The van der Waals surface area contributed by atoms with Crippen LogP contribution in [0.5, 0.6) is 0 Å². The van der Waals surface area contributed by atoms with Crippen molar-refractivity contribution >= 4 is 34.8 Å². The second-order valence-corrected chi connectivity index (χ2v) is 5.74. The highest BCUT2D eigenvalue weighted by Crippen LogP contribution is 2.24. The van der Waals surface area contributed by atoms with Crippen molar-refractivity contribution in [3.63, 3.8) is 0 Å². The van der Waals surface area contributed by atoms with E-state index in [1.54, 1.807) is 25.1 Å². The van der Waals surface area contributed by atoms with E-state index in [4.69, 9.17) is 23.2 Å². The number of hydrogen-bond donors (Lipinski definition) is 2. The topological polar surface area (TPSA) is 71.8 Å². The maximum Gasteiger partial charge on any atom is 0.356 e. The number of aromatic nitrogens is 3. The number of halogens is 2. The minimum atomic E-state index is -0.474. The van der Waals surface area contributed by atoms with Crippen molar-refractivity contribution in [2.24, 2.45) is 0 Å². The van der Waals surface area contributed by atoms with Crippen LogP contribution in [0.4, 0.5) is 11.6 Å². The maximum absolute atomic E-state index is 12.3. The van der Waals surface area contributed by atoms with Crippen LogP contribution in [0.25, 0.3) is 5.69 Å². The van der Waals surface area contributed by atoms with Gasteiger partial charge in [0.05, 0.1) is 21.4 Å². The first kappa shape index (κ1) is 16.3. The molecule has 2 aromatic carbocycles. The average molecular weight is 362 g/mol. The molecule has 0 aliphatic rings. The Morgan fingerprint density at radius 1 is 0.958 bits per heavy atom. The second-order valence-electron chi connectivity index (χ2n) is 4.93. The largest absolute Gasteiger partial charge is 0.356 e. The zero-order valence-corrected chi connectivity index (χ0v) is 14.1. The molecule has 0 bridgehead atoms. The molecule has 0 radical (unpaired) electrons. The molecule has 122 valence electrons. The normalized spacial score (nSPS) is 10.5. The first-order valence-corrected chi connectivity index (χ1v) is 7.80. The lowest BCUT2D eigenvalue weighted by atomic mass is 10.3. The van der Waals surface area contributed by atoms with Gasteiger partial charge in [0.25, 0.3) is 0 Å². The van der Waals surface area contributed by atoms with Gasteiger partial charge in [0.2, 0.25) is 5.95 Å². The van der Waals surface area contributed by atoms with Crippen LogP contribution in [0, 0.1) is 6.92 Å². The van der Waals surface area contributed by atoms with Crippen LogP contribution >= 0.6 is 23.2 Å². The first-order valence-electron chi connectivity index (χ1n) is 7.05. The maximum atomic E-state index is 12.3.